The van der Waals surface area contributed by atoms with Crippen LogP contribution in [0, 0.1) is 0 Å². The van der Waals surface area contributed by atoms with E-state index in [1.807, 2.05) is 0 Å². The van der Waals surface area contributed by atoms with Gasteiger partial charge in [-0.05, 0) is 25.1 Å². The van der Waals surface area contributed by atoms with Crippen molar-refractivity contribution in [2.45, 2.75) is 24.7 Å². The van der Waals surface area contributed by atoms with Crippen molar-refractivity contribution in [1.82, 2.24) is 0 Å². The van der Waals surface area contributed by atoms with Crippen LogP contribution in [-0.4, -0.2) is 38.8 Å². The number of alkyl halides is 6. The topological polar surface area (TPSA) is 78.9 Å². The van der Waals surface area contributed by atoms with Crippen molar-refractivity contribution in [2.24, 2.45) is 0 Å². The van der Waals surface area contributed by atoms with E-state index >= 15 is 0 Å². The number of carbonyl (C=O) groups is 1. The van der Waals surface area contributed by atoms with Crippen LogP contribution in [-0.2, 0) is 23.8 Å². The second-order valence-electron chi connectivity index (χ2n) is 5.13. The first-order chi connectivity index (χ1) is 12.7. The fraction of sp³-hybridized carbons (Fsp3) is 0.357. The molecule has 1 aliphatic rings. The van der Waals surface area contributed by atoms with Gasteiger partial charge in [0.2, 0.25) is 6.10 Å². The summed E-state index contributed by atoms with van der Waals surface area (Å²) < 4.78 is 114. The molecule has 1 aliphatic heterocycles. The van der Waals surface area contributed by atoms with Crippen LogP contribution in [0.2, 0.25) is 5.02 Å². The summed E-state index contributed by atoms with van der Waals surface area (Å²) in [4.78, 5) is 12.0. The molecule has 0 N–H and O–H groups in total. The van der Waals surface area contributed by atoms with Crippen LogP contribution in [0.4, 0.5) is 26.3 Å². The molecule has 1 aromatic rings. The van der Waals surface area contributed by atoms with E-state index in [2.05, 4.69) is 13.7 Å². The van der Waals surface area contributed by atoms with Gasteiger partial charge in [-0.2, -0.15) is 34.8 Å². The zero-order valence-corrected chi connectivity index (χ0v) is 15.1. The molecular weight excluding hydrogens is 446 g/mol. The molecule has 1 heterocycles. The summed E-state index contributed by atoms with van der Waals surface area (Å²) in [6.45, 7) is 0.747. The van der Waals surface area contributed by atoms with Gasteiger partial charge in [-0.15, -0.1) is 0 Å². The fourth-order valence-corrected chi connectivity index (χ4v) is 2.78. The van der Waals surface area contributed by atoms with Gasteiger partial charge < -0.3 is 13.7 Å². The summed E-state index contributed by atoms with van der Waals surface area (Å²) >= 11 is 5.67. The lowest BCUT2D eigenvalue weighted by atomic mass is 9.99. The molecule has 6 nitrogen and oxygen atoms in total. The first-order valence-corrected chi connectivity index (χ1v) is 8.93. The van der Waals surface area contributed by atoms with Gasteiger partial charge in [-0.25, -0.2) is 4.79 Å². The Bertz CT molecular complexity index is 921. The van der Waals surface area contributed by atoms with Crippen molar-refractivity contribution >= 4 is 33.4 Å². The molecule has 0 radical (unpaired) electrons. The van der Waals surface area contributed by atoms with E-state index in [-0.39, 0.29) is 5.02 Å². The standard InChI is InChI=1S/C14H9ClF6O6S/c1-2-25-12(22)9-10(27-28(23,24)14(19,20)21)7-5-6(15)3-4-8(7)26-11(9)13(16,17)18/h3-5,11H,2H2,1H3. The van der Waals surface area contributed by atoms with Crippen molar-refractivity contribution in [3.63, 3.8) is 0 Å². The van der Waals surface area contributed by atoms with Gasteiger partial charge >= 0.3 is 27.8 Å². The maximum absolute atomic E-state index is 13.4. The van der Waals surface area contributed by atoms with Crippen LogP contribution in [0.3, 0.4) is 0 Å². The molecule has 0 amide bonds. The maximum Gasteiger partial charge on any atom is 0.534 e. The highest BCUT2D eigenvalue weighted by atomic mass is 35.5. The number of carbonyl (C=O) groups excluding carboxylic acids is 1. The van der Waals surface area contributed by atoms with E-state index in [0.717, 1.165) is 18.2 Å². The van der Waals surface area contributed by atoms with Crippen LogP contribution in [0.5, 0.6) is 5.75 Å². The van der Waals surface area contributed by atoms with E-state index in [1.165, 1.54) is 6.92 Å². The van der Waals surface area contributed by atoms with E-state index in [4.69, 9.17) is 11.6 Å². The number of halogens is 7. The highest BCUT2D eigenvalue weighted by Gasteiger charge is 2.55. The first-order valence-electron chi connectivity index (χ1n) is 7.14. The van der Waals surface area contributed by atoms with E-state index in [1.54, 1.807) is 0 Å². The number of fused-ring (bicyclic) bond motifs is 1. The Morgan fingerprint density at radius 3 is 2.32 bits per heavy atom. The van der Waals surface area contributed by atoms with E-state index < -0.39 is 63.1 Å². The Labute approximate surface area is 158 Å². The number of hydrogen-bond acceptors (Lipinski definition) is 6. The minimum Gasteiger partial charge on any atom is -0.475 e. The van der Waals surface area contributed by atoms with Crippen molar-refractivity contribution in [3.05, 3.63) is 34.4 Å². The predicted octanol–water partition coefficient (Wildman–Crippen LogP) is 3.80. The largest absolute Gasteiger partial charge is 0.534 e. The highest BCUT2D eigenvalue weighted by Crippen LogP contribution is 2.45. The highest BCUT2D eigenvalue weighted by molar-refractivity contribution is 7.87. The SMILES string of the molecule is CCOC(=O)C1=C(OS(=O)(=O)C(F)(F)F)c2cc(Cl)ccc2OC1C(F)(F)F. The molecule has 0 saturated heterocycles. The van der Waals surface area contributed by atoms with E-state index in [0.29, 0.717) is 0 Å². The predicted molar refractivity (Wildman–Crippen MR) is 81.5 cm³/mol. The lowest BCUT2D eigenvalue weighted by Crippen LogP contribution is -2.42. The van der Waals surface area contributed by atoms with Crippen LogP contribution in [0.15, 0.2) is 23.8 Å². The Morgan fingerprint density at radius 1 is 1.21 bits per heavy atom. The Hall–Kier alpha value is -2.15. The number of rotatable bonds is 4. The number of ether oxygens (including phenoxy) is 2. The second-order valence-corrected chi connectivity index (χ2v) is 7.10. The summed E-state index contributed by atoms with van der Waals surface area (Å²) in [5, 5.41) is -0.207. The molecule has 1 unspecified atom stereocenters. The Balaban J connectivity index is 2.83. The Morgan fingerprint density at radius 2 is 1.82 bits per heavy atom. The quantitative estimate of drug-likeness (QED) is 0.298. The van der Waals surface area contributed by atoms with Crippen molar-refractivity contribution in [2.75, 3.05) is 6.61 Å². The van der Waals surface area contributed by atoms with Gasteiger partial charge in [0.15, 0.2) is 5.76 Å². The van der Waals surface area contributed by atoms with Crippen molar-refractivity contribution in [1.29, 1.82) is 0 Å². The minimum absolute atomic E-state index is 0.207. The summed E-state index contributed by atoms with van der Waals surface area (Å²) in [5.41, 5.74) is -8.29. The number of esters is 1. The van der Waals surface area contributed by atoms with Crippen molar-refractivity contribution < 1.29 is 53.2 Å². The zero-order valence-electron chi connectivity index (χ0n) is 13.5. The second kappa shape index (κ2) is 7.35. The third-order valence-corrected chi connectivity index (χ3v) is 4.40. The summed E-state index contributed by atoms with van der Waals surface area (Å²) in [6, 6.07) is 2.67. The van der Waals surface area contributed by atoms with Gasteiger partial charge in [0, 0.05) is 5.02 Å². The fourth-order valence-electron chi connectivity index (χ4n) is 2.12. The summed E-state index contributed by atoms with van der Waals surface area (Å²) in [5.74, 6) is -4.02. The van der Waals surface area contributed by atoms with Gasteiger partial charge in [0.25, 0.3) is 0 Å². The minimum atomic E-state index is -6.43. The van der Waals surface area contributed by atoms with Gasteiger partial charge in [0.1, 0.15) is 11.3 Å². The van der Waals surface area contributed by atoms with Gasteiger partial charge in [0.05, 0.1) is 12.2 Å². The smallest absolute Gasteiger partial charge is 0.475 e. The molecule has 0 spiro atoms. The maximum atomic E-state index is 13.4. The molecule has 156 valence electrons. The normalized spacial score (nSPS) is 17.6. The monoisotopic (exact) mass is 454 g/mol. The molecule has 0 saturated carbocycles. The average molecular weight is 455 g/mol. The summed E-state index contributed by atoms with van der Waals surface area (Å²) in [7, 11) is -6.43. The van der Waals surface area contributed by atoms with Gasteiger partial charge in [-0.3, -0.25) is 0 Å². The molecule has 2 rings (SSSR count). The number of hydrogen-bond donors (Lipinski definition) is 0. The number of benzene rings is 1. The molecule has 1 atom stereocenters. The molecule has 0 aromatic heterocycles. The van der Waals surface area contributed by atoms with Crippen LogP contribution in [0.1, 0.15) is 12.5 Å². The van der Waals surface area contributed by atoms with Crippen LogP contribution < -0.4 is 4.74 Å². The summed E-state index contributed by atoms with van der Waals surface area (Å²) in [6.07, 6.45) is -8.46. The average Bonchev–Trinajstić information content (AvgIpc) is 2.52. The third-order valence-electron chi connectivity index (χ3n) is 3.21. The molecule has 0 fully saturated rings. The lowest BCUT2D eigenvalue weighted by molar-refractivity contribution is -0.188. The molecule has 28 heavy (non-hydrogen) atoms. The lowest BCUT2D eigenvalue weighted by Gasteiger charge is -2.30. The van der Waals surface area contributed by atoms with Crippen LogP contribution in [0.25, 0.3) is 5.76 Å². The van der Waals surface area contributed by atoms with E-state index in [9.17, 15) is 39.6 Å². The van der Waals surface area contributed by atoms with Crippen molar-refractivity contribution in [3.8, 4) is 5.75 Å². The van der Waals surface area contributed by atoms with Crippen LogP contribution >= 0.6 is 11.6 Å². The Kier molecular flexibility index (Phi) is 5.81. The van der Waals surface area contributed by atoms with Gasteiger partial charge in [-0.1, -0.05) is 11.6 Å². The molecule has 0 bridgehead atoms. The molecule has 0 aliphatic carbocycles. The molecule has 14 heteroatoms. The molecule has 1 aromatic carbocycles. The first kappa shape index (κ1) is 22.1. The zero-order chi connectivity index (χ0) is 21.5. The molecular formula is C14H9ClF6O6S. The third kappa shape index (κ3) is 4.29.